The molecule has 0 bridgehead atoms. The number of ketones is 2. The molecule has 0 aliphatic heterocycles. The van der Waals surface area contributed by atoms with Crippen LogP contribution >= 0.6 is 15.6 Å². The molecule has 0 saturated heterocycles. The molecule has 0 saturated carbocycles. The van der Waals surface area contributed by atoms with E-state index in [1.165, 1.54) is 0 Å². The average molecular weight is 520 g/mol. The Labute approximate surface area is 179 Å². The Kier molecular flexibility index (Phi) is 15.9. The van der Waals surface area contributed by atoms with Gasteiger partial charge in [-0.15, -0.1) is 0 Å². The maximum Gasteiger partial charge on any atom is 0.470 e. The van der Waals surface area contributed by atoms with E-state index in [9.17, 15) is 18.7 Å². The molecule has 6 atom stereocenters. The first-order valence-corrected chi connectivity index (χ1v) is 11.2. The second-order valence-corrected chi connectivity index (χ2v) is 8.31. The van der Waals surface area contributed by atoms with Crippen LogP contribution in [0.1, 0.15) is 0 Å². The van der Waals surface area contributed by atoms with E-state index in [1.54, 1.807) is 0 Å². The van der Waals surface area contributed by atoms with Gasteiger partial charge in [-0.05, 0) is 0 Å². The molecule has 18 nitrogen and oxygen atoms in total. The first kappa shape index (κ1) is 33.4. The summed E-state index contributed by atoms with van der Waals surface area (Å²) in [5.74, 6) is -2.47. The third-order valence-electron chi connectivity index (χ3n) is 3.22. The van der Waals surface area contributed by atoms with Crippen molar-refractivity contribution >= 4 is 27.2 Å². The topological polar surface area (TPSA) is 330 Å². The Balaban J connectivity index is 0. The Bertz CT molecular complexity index is 602. The molecule has 0 amide bonds. The number of Topliss-reactive ketones (excluding diaryl/α,β-unsaturated/α-hetero) is 2. The van der Waals surface area contributed by atoms with Crippen LogP contribution < -0.4 is 0 Å². The van der Waals surface area contributed by atoms with Crippen LogP contribution in [-0.2, 0) is 27.8 Å². The zero-order valence-corrected chi connectivity index (χ0v) is 17.8. The molecule has 0 aliphatic rings. The number of hydrogen-bond acceptors (Lipinski definition) is 14. The molecule has 32 heavy (non-hydrogen) atoms. The lowest BCUT2D eigenvalue weighted by Gasteiger charge is -2.20. The van der Waals surface area contributed by atoms with Crippen molar-refractivity contribution in [3.63, 3.8) is 0 Å². The molecule has 20 heteroatoms. The maximum absolute atomic E-state index is 11.0. The van der Waals surface area contributed by atoms with Crippen molar-refractivity contribution in [3.8, 4) is 0 Å². The number of phosphoric acid groups is 2. The molecule has 0 heterocycles. The van der Waals surface area contributed by atoms with Gasteiger partial charge < -0.3 is 60.4 Å². The van der Waals surface area contributed by atoms with Gasteiger partial charge in [0.15, 0.2) is 11.6 Å². The zero-order chi connectivity index (χ0) is 25.9. The Morgan fingerprint density at radius 2 is 0.875 bits per heavy atom. The number of carbonyl (C=O) groups is 2. The van der Waals surface area contributed by atoms with Crippen molar-refractivity contribution in [1.82, 2.24) is 0 Å². The fourth-order valence-corrected chi connectivity index (χ4v) is 2.07. The van der Waals surface area contributed by atoms with E-state index < -0.39 is 90.3 Å². The van der Waals surface area contributed by atoms with Crippen molar-refractivity contribution < 1.29 is 88.2 Å². The molecular formula is C12H26O18P2. The second-order valence-electron chi connectivity index (χ2n) is 5.83. The normalized spacial score (nSPS) is 17.9. The van der Waals surface area contributed by atoms with Crippen molar-refractivity contribution in [1.29, 1.82) is 0 Å². The Morgan fingerprint density at radius 1 is 0.625 bits per heavy atom. The van der Waals surface area contributed by atoms with Crippen LogP contribution in [0.5, 0.6) is 0 Å². The second kappa shape index (κ2) is 15.2. The van der Waals surface area contributed by atoms with E-state index in [4.69, 9.17) is 60.4 Å². The van der Waals surface area contributed by atoms with E-state index in [-0.39, 0.29) is 0 Å². The minimum Gasteiger partial charge on any atom is -0.394 e. The number of hydrogen-bond donors (Lipinski definition) is 12. The average Bonchev–Trinajstić information content (AvgIpc) is 2.71. The van der Waals surface area contributed by atoms with Gasteiger partial charge in [0.05, 0.1) is 13.2 Å². The number of carbonyl (C=O) groups excluding carboxylic acids is 2. The van der Waals surface area contributed by atoms with Gasteiger partial charge >= 0.3 is 15.6 Å². The SMILES string of the molecule is O=C(COP(=O)(O)O)[C@@H](O)[C@H](O)[C@H](O)CO.O=C(COP(=O)(O)O)[C@@H](O)[C@H](O)[C@H](O)CO. The first-order chi connectivity index (χ1) is 14.4. The van der Waals surface area contributed by atoms with Gasteiger partial charge in [-0.25, -0.2) is 9.13 Å². The van der Waals surface area contributed by atoms with Gasteiger partial charge in [-0.2, -0.15) is 0 Å². The molecule has 0 rings (SSSR count). The monoisotopic (exact) mass is 520 g/mol. The summed E-state index contributed by atoms with van der Waals surface area (Å²) in [7, 11) is -9.69. The largest absolute Gasteiger partial charge is 0.470 e. The number of rotatable bonds is 14. The number of aliphatic hydroxyl groups excluding tert-OH is 8. The highest BCUT2D eigenvalue weighted by molar-refractivity contribution is 7.46. The molecule has 0 aromatic heterocycles. The van der Waals surface area contributed by atoms with Crippen LogP contribution in [0.25, 0.3) is 0 Å². The third kappa shape index (κ3) is 15.1. The Morgan fingerprint density at radius 3 is 1.06 bits per heavy atom. The Hall–Kier alpha value is -0.760. The molecule has 0 unspecified atom stereocenters. The van der Waals surface area contributed by atoms with E-state index in [1.807, 2.05) is 0 Å². The van der Waals surface area contributed by atoms with Crippen molar-refractivity contribution in [2.45, 2.75) is 36.6 Å². The van der Waals surface area contributed by atoms with Crippen LogP contribution in [0.15, 0.2) is 0 Å². The van der Waals surface area contributed by atoms with E-state index >= 15 is 0 Å². The summed E-state index contributed by atoms with van der Waals surface area (Å²) in [5, 5.41) is 70.8. The molecule has 12 N–H and O–H groups in total. The number of aliphatic hydroxyl groups is 8. The summed E-state index contributed by atoms with van der Waals surface area (Å²) in [4.78, 5) is 54.9. The molecule has 0 radical (unpaired) electrons. The van der Waals surface area contributed by atoms with Crippen molar-refractivity contribution in [2.24, 2.45) is 0 Å². The summed E-state index contributed by atoms with van der Waals surface area (Å²) in [6.45, 7) is -4.02. The molecular weight excluding hydrogens is 494 g/mol. The fraction of sp³-hybridized carbons (Fsp3) is 0.833. The number of phosphoric ester groups is 2. The predicted molar refractivity (Wildman–Crippen MR) is 96.2 cm³/mol. The highest BCUT2D eigenvalue weighted by Gasteiger charge is 2.32. The minimum atomic E-state index is -4.85. The molecule has 0 aliphatic carbocycles. The zero-order valence-electron chi connectivity index (χ0n) is 16.0. The van der Waals surface area contributed by atoms with E-state index in [0.29, 0.717) is 0 Å². The van der Waals surface area contributed by atoms with Crippen LogP contribution in [0.4, 0.5) is 0 Å². The lowest BCUT2D eigenvalue weighted by molar-refractivity contribution is -0.143. The van der Waals surface area contributed by atoms with Crippen LogP contribution in [-0.4, -0.2) is 135 Å². The van der Waals surface area contributed by atoms with Gasteiger partial charge in [-0.1, -0.05) is 0 Å². The highest BCUT2D eigenvalue weighted by atomic mass is 31.2. The molecule has 0 fully saturated rings. The summed E-state index contributed by atoms with van der Waals surface area (Å²) in [5.41, 5.74) is 0. The van der Waals surface area contributed by atoms with Crippen molar-refractivity contribution in [3.05, 3.63) is 0 Å². The molecule has 0 spiro atoms. The molecule has 192 valence electrons. The molecule has 0 aromatic rings. The van der Waals surface area contributed by atoms with Gasteiger partial charge in [0.25, 0.3) is 0 Å². The summed E-state index contributed by atoms with van der Waals surface area (Å²) >= 11 is 0. The lowest BCUT2D eigenvalue weighted by Crippen LogP contribution is -2.45. The first-order valence-electron chi connectivity index (χ1n) is 8.13. The van der Waals surface area contributed by atoms with Gasteiger partial charge in [0.2, 0.25) is 0 Å². The van der Waals surface area contributed by atoms with Crippen LogP contribution in [0, 0.1) is 0 Å². The smallest absolute Gasteiger partial charge is 0.394 e. The van der Waals surface area contributed by atoms with Crippen LogP contribution in [0.3, 0.4) is 0 Å². The quantitative estimate of drug-likeness (QED) is 0.0947. The summed E-state index contributed by atoms with van der Waals surface area (Å²) in [6.07, 6.45) is -11.6. The van der Waals surface area contributed by atoms with E-state index in [2.05, 4.69) is 9.05 Å². The van der Waals surface area contributed by atoms with Gasteiger partial charge in [-0.3, -0.25) is 18.6 Å². The highest BCUT2D eigenvalue weighted by Crippen LogP contribution is 2.36. The fourth-order valence-electron chi connectivity index (χ4n) is 1.48. The lowest BCUT2D eigenvalue weighted by atomic mass is 10.1. The maximum atomic E-state index is 11.0. The summed E-state index contributed by atoms with van der Waals surface area (Å²) < 4.78 is 28.0. The minimum absolute atomic E-state index is 0.884. The summed E-state index contributed by atoms with van der Waals surface area (Å²) in [6, 6.07) is 0. The predicted octanol–water partition coefficient (Wildman–Crippen LogP) is -6.52. The third-order valence-corrected chi connectivity index (χ3v) is 4.15. The van der Waals surface area contributed by atoms with E-state index in [0.717, 1.165) is 0 Å². The van der Waals surface area contributed by atoms with Crippen LogP contribution in [0.2, 0.25) is 0 Å². The van der Waals surface area contributed by atoms with Gasteiger partial charge in [0.1, 0.15) is 49.8 Å². The molecule has 0 aromatic carbocycles. The van der Waals surface area contributed by atoms with Crippen molar-refractivity contribution in [2.75, 3.05) is 26.4 Å². The van der Waals surface area contributed by atoms with Gasteiger partial charge in [0, 0.05) is 0 Å². The standard InChI is InChI=1S/2C6H13O9P/c2*7-1-3(8)5(10)6(11)4(9)2-15-16(12,13)14/h2*3,5-8,10-11H,1-2H2,(H2,12,13,14)/t2*3-,5-,6-/m11/s1.